The number of rotatable bonds is 6. The van der Waals surface area contributed by atoms with Crippen LogP contribution in [0.2, 0.25) is 0 Å². The first-order valence-electron chi connectivity index (χ1n) is 8.06. The standard InChI is InChI=1S/C20H24F2/c1-4-14(2)5-6-15(3)16-7-9-17(10-8-16)18-11-12-19(21)20(22)13-18/h7-15H,4-6H2,1-3H3. The van der Waals surface area contributed by atoms with Crippen molar-refractivity contribution in [1.82, 2.24) is 0 Å². The lowest BCUT2D eigenvalue weighted by atomic mass is 9.90. The molecule has 118 valence electrons. The van der Waals surface area contributed by atoms with E-state index in [1.165, 1.54) is 37.0 Å². The first-order valence-corrected chi connectivity index (χ1v) is 8.06. The molecule has 0 spiro atoms. The van der Waals surface area contributed by atoms with Gasteiger partial charge < -0.3 is 0 Å². The zero-order valence-electron chi connectivity index (χ0n) is 13.6. The molecular weight excluding hydrogens is 278 g/mol. The summed E-state index contributed by atoms with van der Waals surface area (Å²) in [5.41, 5.74) is 2.92. The fraction of sp³-hybridized carbons (Fsp3) is 0.400. The second-order valence-electron chi connectivity index (χ2n) is 6.24. The molecule has 0 radical (unpaired) electrons. The van der Waals surface area contributed by atoms with Gasteiger partial charge in [0.05, 0.1) is 0 Å². The molecule has 0 amide bonds. The molecule has 0 aliphatic heterocycles. The second-order valence-corrected chi connectivity index (χ2v) is 6.24. The third kappa shape index (κ3) is 4.16. The molecule has 0 nitrogen and oxygen atoms in total. The average Bonchev–Trinajstić information content (AvgIpc) is 2.55. The molecule has 0 aromatic heterocycles. The molecule has 0 aliphatic rings. The molecule has 2 atom stereocenters. The lowest BCUT2D eigenvalue weighted by Gasteiger charge is -2.15. The zero-order valence-corrected chi connectivity index (χ0v) is 13.6. The van der Waals surface area contributed by atoms with Gasteiger partial charge in [-0.15, -0.1) is 0 Å². The number of hydrogen-bond donors (Lipinski definition) is 0. The van der Waals surface area contributed by atoms with Crippen molar-refractivity contribution in [3.05, 3.63) is 59.7 Å². The highest BCUT2D eigenvalue weighted by atomic mass is 19.2. The summed E-state index contributed by atoms with van der Waals surface area (Å²) in [7, 11) is 0. The van der Waals surface area contributed by atoms with E-state index in [4.69, 9.17) is 0 Å². The molecule has 0 saturated carbocycles. The Hall–Kier alpha value is -1.70. The van der Waals surface area contributed by atoms with E-state index < -0.39 is 11.6 Å². The van der Waals surface area contributed by atoms with Gasteiger partial charge in [0.15, 0.2) is 11.6 Å². The van der Waals surface area contributed by atoms with E-state index in [2.05, 4.69) is 32.9 Å². The van der Waals surface area contributed by atoms with Crippen LogP contribution in [0.4, 0.5) is 8.78 Å². The lowest BCUT2D eigenvalue weighted by molar-refractivity contribution is 0.470. The van der Waals surface area contributed by atoms with Gasteiger partial charge in [-0.25, -0.2) is 8.78 Å². The van der Waals surface area contributed by atoms with Crippen LogP contribution in [0, 0.1) is 17.6 Å². The van der Waals surface area contributed by atoms with Gasteiger partial charge in [-0.05, 0) is 47.1 Å². The maximum Gasteiger partial charge on any atom is 0.159 e. The molecule has 0 N–H and O–H groups in total. The summed E-state index contributed by atoms with van der Waals surface area (Å²) in [6, 6.07) is 12.2. The average molecular weight is 302 g/mol. The third-order valence-corrected chi connectivity index (χ3v) is 4.52. The molecule has 0 bridgehead atoms. The molecule has 2 aromatic carbocycles. The Morgan fingerprint density at radius 1 is 0.818 bits per heavy atom. The largest absolute Gasteiger partial charge is 0.204 e. The van der Waals surface area contributed by atoms with E-state index in [0.29, 0.717) is 11.5 Å². The van der Waals surface area contributed by atoms with Gasteiger partial charge in [0.2, 0.25) is 0 Å². The first kappa shape index (κ1) is 16.7. The van der Waals surface area contributed by atoms with Crippen molar-refractivity contribution in [1.29, 1.82) is 0 Å². The van der Waals surface area contributed by atoms with Gasteiger partial charge in [0, 0.05) is 0 Å². The Balaban J connectivity index is 2.07. The van der Waals surface area contributed by atoms with E-state index in [0.717, 1.165) is 11.5 Å². The fourth-order valence-electron chi connectivity index (χ4n) is 2.59. The van der Waals surface area contributed by atoms with Crippen LogP contribution in [0.1, 0.15) is 51.5 Å². The molecule has 0 saturated heterocycles. The highest BCUT2D eigenvalue weighted by Gasteiger charge is 2.09. The summed E-state index contributed by atoms with van der Waals surface area (Å²) >= 11 is 0. The van der Waals surface area contributed by atoms with Crippen molar-refractivity contribution >= 4 is 0 Å². The summed E-state index contributed by atoms with van der Waals surface area (Å²) in [5, 5.41) is 0. The summed E-state index contributed by atoms with van der Waals surface area (Å²) in [4.78, 5) is 0. The van der Waals surface area contributed by atoms with E-state index in [1.807, 2.05) is 12.1 Å². The van der Waals surface area contributed by atoms with Crippen molar-refractivity contribution in [3.8, 4) is 11.1 Å². The molecule has 22 heavy (non-hydrogen) atoms. The number of benzene rings is 2. The summed E-state index contributed by atoms with van der Waals surface area (Å²) in [5.74, 6) is -0.320. The highest BCUT2D eigenvalue weighted by molar-refractivity contribution is 5.63. The van der Waals surface area contributed by atoms with Crippen LogP contribution < -0.4 is 0 Å². The monoisotopic (exact) mass is 302 g/mol. The predicted molar refractivity (Wildman–Crippen MR) is 88.9 cm³/mol. The molecular formula is C20H24F2. The topological polar surface area (TPSA) is 0 Å². The van der Waals surface area contributed by atoms with Gasteiger partial charge in [0.25, 0.3) is 0 Å². The maximum absolute atomic E-state index is 13.3. The minimum atomic E-state index is -0.806. The van der Waals surface area contributed by atoms with Crippen LogP contribution in [0.3, 0.4) is 0 Å². The molecule has 0 fully saturated rings. The quantitative estimate of drug-likeness (QED) is 0.566. The maximum atomic E-state index is 13.3. The van der Waals surface area contributed by atoms with Crippen LogP contribution in [0.5, 0.6) is 0 Å². The number of halogens is 2. The minimum absolute atomic E-state index is 0.521. The molecule has 0 heterocycles. The lowest BCUT2D eigenvalue weighted by Crippen LogP contribution is -1.98. The molecule has 0 aliphatic carbocycles. The fourth-order valence-corrected chi connectivity index (χ4v) is 2.59. The normalized spacial score (nSPS) is 13.9. The smallest absolute Gasteiger partial charge is 0.159 e. The highest BCUT2D eigenvalue weighted by Crippen LogP contribution is 2.27. The van der Waals surface area contributed by atoms with Crippen molar-refractivity contribution < 1.29 is 8.78 Å². The SMILES string of the molecule is CCC(C)CCC(C)c1ccc(-c2ccc(F)c(F)c2)cc1. The summed E-state index contributed by atoms with van der Waals surface area (Å²) < 4.78 is 26.3. The molecule has 2 aromatic rings. The van der Waals surface area contributed by atoms with Gasteiger partial charge in [-0.3, -0.25) is 0 Å². The van der Waals surface area contributed by atoms with E-state index in [1.54, 1.807) is 6.07 Å². The van der Waals surface area contributed by atoms with E-state index in [-0.39, 0.29) is 0 Å². The van der Waals surface area contributed by atoms with Crippen molar-refractivity contribution in [2.75, 3.05) is 0 Å². The molecule has 2 unspecified atom stereocenters. The van der Waals surface area contributed by atoms with Crippen LogP contribution in [-0.2, 0) is 0 Å². The summed E-state index contributed by atoms with van der Waals surface area (Å²) in [6.45, 7) is 6.76. The minimum Gasteiger partial charge on any atom is -0.204 e. The predicted octanol–water partition coefficient (Wildman–Crippen LogP) is 6.56. The second kappa shape index (κ2) is 7.53. The van der Waals surface area contributed by atoms with Crippen LogP contribution in [0.25, 0.3) is 11.1 Å². The van der Waals surface area contributed by atoms with Gasteiger partial charge in [0.1, 0.15) is 0 Å². The van der Waals surface area contributed by atoms with E-state index in [9.17, 15) is 8.78 Å². The zero-order chi connectivity index (χ0) is 16.1. The Kier molecular flexibility index (Phi) is 5.70. The third-order valence-electron chi connectivity index (χ3n) is 4.52. The molecule has 2 heteroatoms. The Morgan fingerprint density at radius 3 is 2.05 bits per heavy atom. The Bertz CT molecular complexity index is 602. The van der Waals surface area contributed by atoms with Crippen LogP contribution in [0.15, 0.2) is 42.5 Å². The Labute approximate surface area is 132 Å². The van der Waals surface area contributed by atoms with Crippen molar-refractivity contribution in [3.63, 3.8) is 0 Å². The number of hydrogen-bond acceptors (Lipinski definition) is 0. The molecule has 2 rings (SSSR count). The van der Waals surface area contributed by atoms with Crippen LogP contribution in [-0.4, -0.2) is 0 Å². The van der Waals surface area contributed by atoms with Gasteiger partial charge >= 0.3 is 0 Å². The summed E-state index contributed by atoms with van der Waals surface area (Å²) in [6.07, 6.45) is 3.64. The van der Waals surface area contributed by atoms with Gasteiger partial charge in [-0.1, -0.05) is 63.9 Å². The first-order chi connectivity index (χ1) is 10.5. The van der Waals surface area contributed by atoms with Crippen molar-refractivity contribution in [2.45, 2.75) is 46.0 Å². The Morgan fingerprint density at radius 2 is 1.45 bits per heavy atom. The van der Waals surface area contributed by atoms with Gasteiger partial charge in [-0.2, -0.15) is 0 Å². The van der Waals surface area contributed by atoms with Crippen molar-refractivity contribution in [2.24, 2.45) is 5.92 Å². The van der Waals surface area contributed by atoms with Crippen LogP contribution >= 0.6 is 0 Å². The van der Waals surface area contributed by atoms with E-state index >= 15 is 0 Å².